The van der Waals surface area contributed by atoms with Gasteiger partial charge in [-0.05, 0) is 0 Å². The Balaban J connectivity index is 2.14. The van der Waals surface area contributed by atoms with Crippen LogP contribution < -0.4 is 4.90 Å². The number of nitro benzene ring substituents is 1. The quantitative estimate of drug-likeness (QED) is 0.454. The maximum atomic E-state index is 11.3. The van der Waals surface area contributed by atoms with Crippen LogP contribution in [0.4, 0.5) is 11.4 Å². The summed E-state index contributed by atoms with van der Waals surface area (Å²) < 4.78 is 13.6. The molecule has 18 heavy (non-hydrogen) atoms. The van der Waals surface area contributed by atoms with Gasteiger partial charge in [0.05, 0.1) is 0 Å². The van der Waals surface area contributed by atoms with Crippen molar-refractivity contribution in [1.29, 1.82) is 0 Å². The van der Waals surface area contributed by atoms with E-state index in [0.29, 0.717) is 43.0 Å². The first-order chi connectivity index (χ1) is 8.77. The normalized spacial score (nSPS) is 16.1. The van der Waals surface area contributed by atoms with Crippen molar-refractivity contribution < 1.29 is 9.66 Å². The molecule has 0 radical (unpaired) electrons. The van der Waals surface area contributed by atoms with Gasteiger partial charge < -0.3 is 0 Å². The zero-order valence-corrected chi connectivity index (χ0v) is 11.1. The van der Waals surface area contributed by atoms with Crippen LogP contribution >= 0.6 is 0 Å². The Morgan fingerprint density at radius 1 is 1.33 bits per heavy atom. The van der Waals surface area contributed by atoms with Crippen molar-refractivity contribution in [2.24, 2.45) is 0 Å². The predicted octanol–water partition coefficient (Wildman–Crippen LogP) is 0.432. The first-order valence-corrected chi connectivity index (χ1v) is 7.03. The molecule has 1 aromatic heterocycles. The van der Waals surface area contributed by atoms with E-state index in [1.54, 1.807) is 6.07 Å². The molecule has 0 aliphatic carbocycles. The van der Waals surface area contributed by atoms with Crippen LogP contribution in [0.3, 0.4) is 0 Å². The van der Waals surface area contributed by atoms with Crippen LogP contribution in [0.5, 0.6) is 0 Å². The van der Waals surface area contributed by atoms with E-state index in [4.69, 9.17) is 4.74 Å². The molecule has 0 unspecified atom stereocenters. The minimum absolute atomic E-state index is 0.0810. The van der Waals surface area contributed by atoms with Crippen molar-refractivity contribution in [2.75, 3.05) is 31.2 Å². The SMILES string of the molecule is O=[N+]([O-])c1c(N2CCOCC2)ccc2n[se]nc12. The van der Waals surface area contributed by atoms with Crippen LogP contribution in [-0.4, -0.2) is 54.1 Å². The average Bonchev–Trinajstić information content (AvgIpc) is 2.86. The van der Waals surface area contributed by atoms with Crippen molar-refractivity contribution in [2.45, 2.75) is 0 Å². The second-order valence-electron chi connectivity index (χ2n) is 3.92. The van der Waals surface area contributed by atoms with Gasteiger partial charge in [-0.25, -0.2) is 0 Å². The summed E-state index contributed by atoms with van der Waals surface area (Å²) in [6.07, 6.45) is 0. The second-order valence-corrected chi connectivity index (χ2v) is 5.03. The van der Waals surface area contributed by atoms with Crippen LogP contribution in [0.1, 0.15) is 0 Å². The molecule has 2 heterocycles. The molecular weight excluding hydrogens is 303 g/mol. The fourth-order valence-electron chi connectivity index (χ4n) is 2.07. The van der Waals surface area contributed by atoms with Crippen LogP contribution in [0.2, 0.25) is 0 Å². The summed E-state index contributed by atoms with van der Waals surface area (Å²) in [5, 5.41) is 11.3. The van der Waals surface area contributed by atoms with E-state index >= 15 is 0 Å². The van der Waals surface area contributed by atoms with E-state index in [0.717, 1.165) is 0 Å². The Morgan fingerprint density at radius 3 is 2.83 bits per heavy atom. The number of hydrogen-bond acceptors (Lipinski definition) is 6. The van der Waals surface area contributed by atoms with Gasteiger partial charge in [0.15, 0.2) is 0 Å². The molecule has 94 valence electrons. The first-order valence-electron chi connectivity index (χ1n) is 5.50. The van der Waals surface area contributed by atoms with Crippen molar-refractivity contribution in [1.82, 2.24) is 7.96 Å². The number of aromatic nitrogens is 2. The zero-order chi connectivity index (χ0) is 12.5. The van der Waals surface area contributed by atoms with Gasteiger partial charge in [0, 0.05) is 0 Å². The van der Waals surface area contributed by atoms with Crippen molar-refractivity contribution in [3.05, 3.63) is 22.2 Å². The zero-order valence-electron chi connectivity index (χ0n) is 9.40. The van der Waals surface area contributed by atoms with Crippen LogP contribution in [0.15, 0.2) is 12.1 Å². The summed E-state index contributed by atoms with van der Waals surface area (Å²) in [7, 11) is 0. The average molecular weight is 313 g/mol. The molecule has 0 saturated carbocycles. The van der Waals surface area contributed by atoms with Gasteiger partial charge in [0.25, 0.3) is 0 Å². The standard InChI is InChI=1S/C10H10N4O3Se/c15-14(16)10-8(13-3-5-17-6-4-13)2-1-7-9(10)12-18-11-7/h1-2H,3-6H2. The number of ether oxygens (including phenoxy) is 1. The monoisotopic (exact) mass is 314 g/mol. The van der Waals surface area contributed by atoms with E-state index in [9.17, 15) is 10.1 Å². The summed E-state index contributed by atoms with van der Waals surface area (Å²) in [5.41, 5.74) is 1.78. The van der Waals surface area contributed by atoms with E-state index < -0.39 is 0 Å². The van der Waals surface area contributed by atoms with Gasteiger partial charge >= 0.3 is 108 Å². The third-order valence-electron chi connectivity index (χ3n) is 2.91. The Hall–Kier alpha value is -1.50. The van der Waals surface area contributed by atoms with E-state index in [1.807, 2.05) is 11.0 Å². The van der Waals surface area contributed by atoms with Gasteiger partial charge in [-0.1, -0.05) is 0 Å². The number of fused-ring (bicyclic) bond motifs is 1. The molecule has 2 aromatic rings. The molecule has 7 nitrogen and oxygen atoms in total. The molecule has 0 spiro atoms. The fraction of sp³-hybridized carbons (Fsp3) is 0.400. The molecule has 0 amide bonds. The molecule has 0 N–H and O–H groups in total. The Morgan fingerprint density at radius 2 is 2.11 bits per heavy atom. The number of nitro groups is 1. The summed E-state index contributed by atoms with van der Waals surface area (Å²) in [5.74, 6) is 0. The number of anilines is 1. The molecule has 0 atom stereocenters. The van der Waals surface area contributed by atoms with Gasteiger partial charge in [-0.3, -0.25) is 0 Å². The van der Waals surface area contributed by atoms with Gasteiger partial charge in [0.1, 0.15) is 0 Å². The summed E-state index contributed by atoms with van der Waals surface area (Å²) in [6.45, 7) is 2.53. The fourth-order valence-corrected chi connectivity index (χ4v) is 3.19. The minimum atomic E-state index is -0.357. The molecular formula is C10H10N4O3Se. The first kappa shape index (κ1) is 11.6. The summed E-state index contributed by atoms with van der Waals surface area (Å²) in [6, 6.07) is 3.58. The molecule has 1 aliphatic heterocycles. The van der Waals surface area contributed by atoms with E-state index in [1.165, 1.54) is 0 Å². The second kappa shape index (κ2) is 4.64. The number of rotatable bonds is 2. The van der Waals surface area contributed by atoms with Crippen molar-refractivity contribution in [3.8, 4) is 0 Å². The van der Waals surface area contributed by atoms with Crippen molar-refractivity contribution >= 4 is 37.4 Å². The topological polar surface area (TPSA) is 81.4 Å². The Labute approximate surface area is 109 Å². The third-order valence-corrected chi connectivity index (χ3v) is 4.05. The number of nitrogens with zero attached hydrogens (tertiary/aromatic N) is 4. The third kappa shape index (κ3) is 1.88. The Bertz CT molecular complexity index is 594. The van der Waals surface area contributed by atoms with Crippen LogP contribution in [-0.2, 0) is 4.74 Å². The van der Waals surface area contributed by atoms with E-state index in [-0.39, 0.29) is 25.6 Å². The Kier molecular flexibility index (Phi) is 2.99. The van der Waals surface area contributed by atoms with Gasteiger partial charge in [-0.15, -0.1) is 0 Å². The summed E-state index contributed by atoms with van der Waals surface area (Å²) >= 11 is -0.253. The molecule has 1 aromatic carbocycles. The summed E-state index contributed by atoms with van der Waals surface area (Å²) in [4.78, 5) is 12.9. The molecule has 1 fully saturated rings. The molecule has 1 saturated heterocycles. The van der Waals surface area contributed by atoms with Crippen LogP contribution in [0.25, 0.3) is 11.0 Å². The van der Waals surface area contributed by atoms with E-state index in [2.05, 4.69) is 7.96 Å². The number of morpholine rings is 1. The predicted molar refractivity (Wildman–Crippen MR) is 66.2 cm³/mol. The molecule has 1 aliphatic rings. The number of hydrogen-bond donors (Lipinski definition) is 0. The van der Waals surface area contributed by atoms with Gasteiger partial charge in [0.2, 0.25) is 0 Å². The van der Waals surface area contributed by atoms with Gasteiger partial charge in [-0.2, -0.15) is 0 Å². The molecule has 3 rings (SSSR count). The van der Waals surface area contributed by atoms with Crippen LogP contribution in [0, 0.1) is 10.1 Å². The number of benzene rings is 1. The molecule has 8 heteroatoms. The molecule has 0 bridgehead atoms. The maximum absolute atomic E-state index is 11.3. The van der Waals surface area contributed by atoms with Crippen molar-refractivity contribution in [3.63, 3.8) is 0 Å².